The molecule has 0 spiro atoms. The highest BCUT2D eigenvalue weighted by Crippen LogP contribution is 2.72. The Bertz CT molecular complexity index is 2940. The van der Waals surface area contributed by atoms with Crippen LogP contribution in [0.1, 0.15) is 85.5 Å². The van der Waals surface area contributed by atoms with Gasteiger partial charge in [-0.1, -0.05) is 99.3 Å². The summed E-state index contributed by atoms with van der Waals surface area (Å²) >= 11 is 10.1. The maximum absolute atomic E-state index is 14.5. The number of aliphatic hydroxyl groups excluding tert-OH is 1. The highest BCUT2D eigenvalue weighted by Gasteiger charge is 2.76. The number of imide groups is 1. The van der Waals surface area contributed by atoms with Crippen molar-refractivity contribution in [1.29, 1.82) is 0 Å². The molecule has 2 aromatic rings. The average molecular weight is 1290 g/mol. The van der Waals surface area contributed by atoms with E-state index in [4.69, 9.17) is 40.0 Å². The zero-order chi connectivity index (χ0) is 64.4. The number of nitrogens with zero attached hydrogens (tertiary/aromatic N) is 1. The van der Waals surface area contributed by atoms with Crippen LogP contribution >= 0.6 is 35.1 Å². The minimum Gasteiger partial charge on any atom is -0.481 e. The Labute approximate surface area is 530 Å². The number of ketones is 2. The number of aliphatic carboxylic acids is 1. The number of benzene rings is 2. The molecule has 0 radical (unpaired) electrons. The molecule has 1 aliphatic heterocycles. The normalized spacial score (nSPS) is 25.5. The molecule has 6 amide bonds. The molecule has 26 heteroatoms. The van der Waals surface area contributed by atoms with E-state index in [0.29, 0.717) is 29.1 Å². The third kappa shape index (κ3) is 17.0. The van der Waals surface area contributed by atoms with Crippen molar-refractivity contribution < 1.29 is 86.6 Å². The third-order valence-corrected chi connectivity index (χ3v) is 20.5. The van der Waals surface area contributed by atoms with Crippen molar-refractivity contribution in [3.8, 4) is 0 Å². The number of alkyl halides is 1. The number of carboxylic acids is 1. The second kappa shape index (κ2) is 32.6. The standard InChI is InChI=1S/C63H80ClN5O18S2/c1-5-54(78)87-63(40(2)34-46-45-17-16-41-35-42(70)20-23-60(41,3)62(45,64)48(71)36-61(46,63)4)49(72)38-86-39-67-52(75)37-66-57(79)47(18-19-53(76)77)68-51(74)22-26-82-28-30-84-32-33-85-31-29-83-27-24-65-50(73)21-25-69-58(80)55(88-43-12-8-6-9-13-43)56(59(69)81)89-44-14-10-7-11-15-44/h6-15,20,23,35,40,45-48,71H,5,16-19,21-22,24-34,36-39H2,1-4H3,(H,65,73)(H,66,79)(H,67,75)(H,68,74)(H,76,77)/t40-,45-,46?,47-,48-,60-,61-,62-,63-/m0/s1. The van der Waals surface area contributed by atoms with Gasteiger partial charge in [0, 0.05) is 65.3 Å². The highest BCUT2D eigenvalue weighted by atomic mass is 35.5. The van der Waals surface area contributed by atoms with E-state index in [1.165, 1.54) is 29.6 Å². The first-order valence-electron chi connectivity index (χ1n) is 29.9. The number of thioether (sulfide) groups is 2. The van der Waals surface area contributed by atoms with E-state index in [9.17, 15) is 58.2 Å². The molecule has 5 aliphatic rings. The van der Waals surface area contributed by atoms with Gasteiger partial charge in [0.05, 0.1) is 80.2 Å². The molecule has 0 bridgehead atoms. The van der Waals surface area contributed by atoms with E-state index in [1.54, 1.807) is 19.1 Å². The number of hydrogen-bond acceptors (Lipinski definition) is 19. The van der Waals surface area contributed by atoms with Gasteiger partial charge in [-0.15, -0.1) is 11.6 Å². The van der Waals surface area contributed by atoms with E-state index >= 15 is 0 Å². The SMILES string of the molecule is CCC(=O)O[C@]1(C(=O)COCNC(=O)CNC(=O)[C@H](CCC(=O)O)NC(=O)CCOCCOCCOCCOCCNC(=O)CCN2C(=O)C(Sc3ccccc3)=C(Sc3ccccc3)C2=O)[C@@H](C)CC2[C@@H]3CCC4=CC(=O)C=C[C@]4(C)[C@@]3(Cl)[C@@H](O)C[C@@]21C. The molecule has 0 aromatic heterocycles. The van der Waals surface area contributed by atoms with Gasteiger partial charge in [-0.05, 0) is 80.4 Å². The second-order valence-electron chi connectivity index (χ2n) is 22.8. The first-order valence-corrected chi connectivity index (χ1v) is 31.9. The van der Waals surface area contributed by atoms with Gasteiger partial charge < -0.3 is 59.9 Å². The predicted octanol–water partition coefficient (Wildman–Crippen LogP) is 4.82. The van der Waals surface area contributed by atoms with Crippen molar-refractivity contribution in [2.24, 2.45) is 28.6 Å². The van der Waals surface area contributed by atoms with Crippen LogP contribution in [0.2, 0.25) is 0 Å². The minimum absolute atomic E-state index is 0.0180. The van der Waals surface area contributed by atoms with Gasteiger partial charge in [0.2, 0.25) is 29.4 Å². The smallest absolute Gasteiger partial charge is 0.306 e. The number of nitrogens with one attached hydrogen (secondary N) is 4. The lowest BCUT2D eigenvalue weighted by molar-refractivity contribution is -0.203. The topological polar surface area (TPSA) is 318 Å². The van der Waals surface area contributed by atoms with Crippen LogP contribution in [0.4, 0.5) is 0 Å². The molecule has 0 saturated heterocycles. The van der Waals surface area contributed by atoms with Crippen LogP contribution in [0.5, 0.6) is 0 Å². The van der Waals surface area contributed by atoms with Gasteiger partial charge >= 0.3 is 11.9 Å². The summed E-state index contributed by atoms with van der Waals surface area (Å²) in [4.78, 5) is 132. The lowest BCUT2D eigenvalue weighted by atomic mass is 9.45. The maximum atomic E-state index is 14.5. The van der Waals surface area contributed by atoms with Crippen molar-refractivity contribution in [1.82, 2.24) is 26.2 Å². The van der Waals surface area contributed by atoms with Crippen LogP contribution in [0, 0.1) is 28.6 Å². The zero-order valence-electron chi connectivity index (χ0n) is 50.5. The Balaban J connectivity index is 0.726. The largest absolute Gasteiger partial charge is 0.481 e. The molecule has 2 aromatic carbocycles. The Morgan fingerprint density at radius 2 is 1.34 bits per heavy atom. The molecule has 3 fully saturated rings. The number of carbonyl (C=O) groups excluding carboxylic acids is 9. The average Bonchev–Trinajstić information content (AvgIpc) is 1.63. The number of allylic oxidation sites excluding steroid dienone is 4. The van der Waals surface area contributed by atoms with E-state index in [0.717, 1.165) is 20.3 Å². The number of carbonyl (C=O) groups is 10. The Kier molecular flexibility index (Phi) is 25.7. The van der Waals surface area contributed by atoms with Gasteiger partial charge in [-0.2, -0.15) is 0 Å². The van der Waals surface area contributed by atoms with Crippen molar-refractivity contribution in [3.63, 3.8) is 0 Å². The van der Waals surface area contributed by atoms with Crippen molar-refractivity contribution in [2.75, 3.05) is 85.8 Å². The number of aliphatic hydroxyl groups is 1. The summed E-state index contributed by atoms with van der Waals surface area (Å²) in [6.07, 6.45) is 4.27. The van der Waals surface area contributed by atoms with E-state index in [2.05, 4.69) is 21.3 Å². The number of carboxylic acid groups (broad SMARTS) is 1. The molecule has 89 heavy (non-hydrogen) atoms. The molecule has 7 rings (SSSR count). The summed E-state index contributed by atoms with van der Waals surface area (Å²) in [5.41, 5.74) is -2.78. The van der Waals surface area contributed by atoms with E-state index < -0.39 is 113 Å². The van der Waals surface area contributed by atoms with Crippen molar-refractivity contribution >= 4 is 94.1 Å². The van der Waals surface area contributed by atoms with E-state index in [-0.39, 0.29) is 122 Å². The third-order valence-electron chi connectivity index (χ3n) is 17.2. The summed E-state index contributed by atoms with van der Waals surface area (Å²) in [6, 6.07) is 17.3. The summed E-state index contributed by atoms with van der Waals surface area (Å²) in [5.74, 6) is -6.99. The molecule has 1 unspecified atom stereocenters. The molecular formula is C63H80ClN5O18S2. The monoisotopic (exact) mass is 1290 g/mol. The number of rotatable bonds is 36. The van der Waals surface area contributed by atoms with Gasteiger partial charge in [0.1, 0.15) is 19.4 Å². The van der Waals surface area contributed by atoms with Gasteiger partial charge in [0.25, 0.3) is 11.8 Å². The fraction of sp³-hybridized carbons (Fsp3) is 0.556. The van der Waals surface area contributed by atoms with Gasteiger partial charge in [-0.25, -0.2) is 0 Å². The van der Waals surface area contributed by atoms with Crippen LogP contribution < -0.4 is 21.3 Å². The molecule has 9 atom stereocenters. The number of fused-ring (bicyclic) bond motifs is 5. The highest BCUT2D eigenvalue weighted by molar-refractivity contribution is 8.08. The Morgan fingerprint density at radius 3 is 1.93 bits per heavy atom. The quantitative estimate of drug-likeness (QED) is 0.0175. The van der Waals surface area contributed by atoms with E-state index in [1.807, 2.05) is 81.4 Å². The predicted molar refractivity (Wildman–Crippen MR) is 326 cm³/mol. The number of halogens is 1. The minimum atomic E-state index is -1.72. The van der Waals surface area contributed by atoms with Crippen molar-refractivity contribution in [2.45, 2.75) is 118 Å². The van der Waals surface area contributed by atoms with Crippen molar-refractivity contribution in [3.05, 3.63) is 94.3 Å². The van der Waals surface area contributed by atoms with Crippen LogP contribution in [-0.2, 0) is 76.4 Å². The molecule has 484 valence electrons. The number of hydrogen-bond donors (Lipinski definition) is 6. The number of Topliss-reactive ketones (excluding diaryl/α,β-unsaturated/α-hetero) is 1. The summed E-state index contributed by atoms with van der Waals surface area (Å²) in [7, 11) is 0. The number of amides is 6. The van der Waals surface area contributed by atoms with Gasteiger partial charge in [-0.3, -0.25) is 52.8 Å². The first kappa shape index (κ1) is 70.2. The first-order chi connectivity index (χ1) is 42.6. The zero-order valence-corrected chi connectivity index (χ0v) is 52.9. The molecule has 3 saturated carbocycles. The molecule has 4 aliphatic carbocycles. The van der Waals surface area contributed by atoms with Crippen LogP contribution in [0.15, 0.2) is 104 Å². The summed E-state index contributed by atoms with van der Waals surface area (Å²) < 4.78 is 33.9. The van der Waals surface area contributed by atoms with Crippen LogP contribution in [-0.4, -0.2) is 183 Å². The van der Waals surface area contributed by atoms with Gasteiger partial charge in [0.15, 0.2) is 11.4 Å². The lowest BCUT2D eigenvalue weighted by Gasteiger charge is -2.64. The summed E-state index contributed by atoms with van der Waals surface area (Å²) in [5, 5.41) is 31.5. The molecule has 1 heterocycles. The fourth-order valence-corrected chi connectivity index (χ4v) is 15.4. The van der Waals surface area contributed by atoms with Crippen LogP contribution in [0.3, 0.4) is 0 Å². The number of esters is 1. The Hall–Kier alpha value is -6.29. The van der Waals surface area contributed by atoms with Crippen LogP contribution in [0.25, 0.3) is 0 Å². The molecular weight excluding hydrogens is 1210 g/mol. The Morgan fingerprint density at radius 1 is 0.742 bits per heavy atom. The second-order valence-corrected chi connectivity index (χ2v) is 25.6. The molecule has 6 N–H and O–H groups in total. The lowest BCUT2D eigenvalue weighted by Crippen LogP contribution is -2.69. The molecule has 23 nitrogen and oxygen atoms in total. The fourth-order valence-electron chi connectivity index (χ4n) is 12.8. The summed E-state index contributed by atoms with van der Waals surface area (Å²) in [6.45, 7) is 7.22. The maximum Gasteiger partial charge on any atom is 0.306 e. The number of ether oxygens (including phenoxy) is 6.